The van der Waals surface area contributed by atoms with Gasteiger partial charge in [0.15, 0.2) is 5.78 Å². The van der Waals surface area contributed by atoms with Crippen molar-refractivity contribution in [3.05, 3.63) is 95.0 Å². The molecule has 3 heteroatoms. The van der Waals surface area contributed by atoms with Crippen LogP contribution in [0.5, 0.6) is 0 Å². The Labute approximate surface area is 198 Å². The molecule has 0 bridgehead atoms. The summed E-state index contributed by atoms with van der Waals surface area (Å²) in [5.41, 5.74) is 5.64. The van der Waals surface area contributed by atoms with Crippen molar-refractivity contribution < 1.29 is 9.18 Å². The summed E-state index contributed by atoms with van der Waals surface area (Å²) in [7, 11) is 0. The molecule has 1 aliphatic heterocycles. The van der Waals surface area contributed by atoms with Gasteiger partial charge in [0.05, 0.1) is 6.04 Å². The maximum absolute atomic E-state index is 13.8. The summed E-state index contributed by atoms with van der Waals surface area (Å²) in [6, 6.07) is 17.2. The molecule has 0 amide bonds. The second kappa shape index (κ2) is 10.1. The standard InChI is InChI=1S/C30H36FNO/c1-20(2)29-27(22(4)33)28(24-11-6-5-7-12-24)30(25-13-15-26(31)16-14-25)32(29)18-17-23-10-8-9-21(3)19-23/h5-7,11-16,20,23,28,30H,3,8-10,17-19H2,1-2,4H3. The second-order valence-electron chi connectivity index (χ2n) is 10.1. The molecule has 0 aromatic heterocycles. The average molecular weight is 446 g/mol. The number of rotatable bonds is 7. The van der Waals surface area contributed by atoms with E-state index < -0.39 is 0 Å². The number of hydrogen-bond donors (Lipinski definition) is 0. The Balaban J connectivity index is 1.79. The van der Waals surface area contributed by atoms with Crippen molar-refractivity contribution in [3.63, 3.8) is 0 Å². The van der Waals surface area contributed by atoms with Crippen LogP contribution in [0.15, 0.2) is 78.0 Å². The predicted octanol–water partition coefficient (Wildman–Crippen LogP) is 7.60. The molecule has 1 aliphatic carbocycles. The number of ketones is 1. The van der Waals surface area contributed by atoms with Gasteiger partial charge in [0, 0.05) is 23.7 Å². The quantitative estimate of drug-likeness (QED) is 0.409. The zero-order valence-corrected chi connectivity index (χ0v) is 20.2. The van der Waals surface area contributed by atoms with Crippen LogP contribution in [-0.2, 0) is 4.79 Å². The van der Waals surface area contributed by atoms with E-state index >= 15 is 0 Å². The highest BCUT2D eigenvalue weighted by atomic mass is 19.1. The average Bonchev–Trinajstić information content (AvgIpc) is 3.14. The molecule has 1 heterocycles. The molecule has 1 fully saturated rings. The predicted molar refractivity (Wildman–Crippen MR) is 133 cm³/mol. The Morgan fingerprint density at radius 2 is 1.79 bits per heavy atom. The molecule has 2 aromatic rings. The van der Waals surface area contributed by atoms with Gasteiger partial charge in [-0.3, -0.25) is 4.79 Å². The van der Waals surface area contributed by atoms with Gasteiger partial charge in [-0.15, -0.1) is 0 Å². The third kappa shape index (κ3) is 4.98. The number of hydrogen-bond acceptors (Lipinski definition) is 2. The summed E-state index contributed by atoms with van der Waals surface area (Å²) < 4.78 is 13.8. The minimum Gasteiger partial charge on any atom is -0.366 e. The fourth-order valence-corrected chi connectivity index (χ4v) is 5.97. The molecule has 2 aliphatic rings. The monoisotopic (exact) mass is 445 g/mol. The van der Waals surface area contributed by atoms with Gasteiger partial charge in [-0.25, -0.2) is 4.39 Å². The summed E-state index contributed by atoms with van der Waals surface area (Å²) in [5.74, 6) is 0.706. The van der Waals surface area contributed by atoms with Crippen LogP contribution < -0.4 is 0 Å². The van der Waals surface area contributed by atoms with E-state index in [1.807, 2.05) is 30.3 Å². The van der Waals surface area contributed by atoms with Crippen molar-refractivity contribution >= 4 is 5.78 Å². The molecule has 0 spiro atoms. The van der Waals surface area contributed by atoms with Crippen molar-refractivity contribution in [1.29, 1.82) is 0 Å². The van der Waals surface area contributed by atoms with Gasteiger partial charge in [0.1, 0.15) is 5.82 Å². The van der Waals surface area contributed by atoms with Crippen LogP contribution in [0.25, 0.3) is 0 Å². The number of Topliss-reactive ketones (excluding diaryl/α,β-unsaturated/α-hetero) is 1. The number of allylic oxidation sites excluding steroid dienone is 2. The van der Waals surface area contributed by atoms with Crippen LogP contribution in [0.3, 0.4) is 0 Å². The summed E-state index contributed by atoms with van der Waals surface area (Å²) >= 11 is 0. The molecule has 174 valence electrons. The maximum Gasteiger partial charge on any atom is 0.158 e. The first-order valence-corrected chi connectivity index (χ1v) is 12.4. The first kappa shape index (κ1) is 23.5. The summed E-state index contributed by atoms with van der Waals surface area (Å²) in [4.78, 5) is 15.6. The van der Waals surface area contributed by atoms with E-state index in [0.29, 0.717) is 5.92 Å². The number of carbonyl (C=O) groups is 1. The summed E-state index contributed by atoms with van der Waals surface area (Å²) in [6.07, 6.45) is 5.82. The first-order valence-electron chi connectivity index (χ1n) is 12.4. The summed E-state index contributed by atoms with van der Waals surface area (Å²) in [6.45, 7) is 11.2. The number of halogens is 1. The van der Waals surface area contributed by atoms with Crippen LogP contribution >= 0.6 is 0 Å². The lowest BCUT2D eigenvalue weighted by Gasteiger charge is -2.36. The molecule has 2 aromatic carbocycles. The van der Waals surface area contributed by atoms with E-state index in [0.717, 1.165) is 48.2 Å². The van der Waals surface area contributed by atoms with Crippen molar-refractivity contribution in [2.45, 2.75) is 64.8 Å². The van der Waals surface area contributed by atoms with Gasteiger partial charge in [-0.05, 0) is 74.1 Å². The third-order valence-corrected chi connectivity index (χ3v) is 7.34. The molecule has 0 saturated heterocycles. The lowest BCUT2D eigenvalue weighted by atomic mass is 9.81. The molecule has 3 unspecified atom stereocenters. The fourth-order valence-electron chi connectivity index (χ4n) is 5.97. The lowest BCUT2D eigenvalue weighted by molar-refractivity contribution is -0.113. The maximum atomic E-state index is 13.8. The fraction of sp³-hybridized carbons (Fsp3) is 0.433. The van der Waals surface area contributed by atoms with Crippen LogP contribution in [-0.4, -0.2) is 17.2 Å². The van der Waals surface area contributed by atoms with Crippen molar-refractivity contribution in [2.24, 2.45) is 11.8 Å². The van der Waals surface area contributed by atoms with Gasteiger partial charge >= 0.3 is 0 Å². The molecular weight excluding hydrogens is 409 g/mol. The number of nitrogens with zero attached hydrogens (tertiary/aromatic N) is 1. The molecule has 1 saturated carbocycles. The first-order chi connectivity index (χ1) is 15.9. The van der Waals surface area contributed by atoms with E-state index in [1.54, 1.807) is 19.1 Å². The van der Waals surface area contributed by atoms with Crippen LogP contribution in [0.2, 0.25) is 0 Å². The van der Waals surface area contributed by atoms with Gasteiger partial charge < -0.3 is 4.90 Å². The molecule has 3 atom stereocenters. The molecule has 0 N–H and O–H groups in total. The van der Waals surface area contributed by atoms with Gasteiger partial charge in [-0.2, -0.15) is 0 Å². The van der Waals surface area contributed by atoms with E-state index in [2.05, 4.69) is 37.5 Å². The largest absolute Gasteiger partial charge is 0.366 e. The molecule has 0 radical (unpaired) electrons. The van der Waals surface area contributed by atoms with Crippen molar-refractivity contribution in [3.8, 4) is 0 Å². The van der Waals surface area contributed by atoms with E-state index in [1.165, 1.54) is 18.4 Å². The van der Waals surface area contributed by atoms with E-state index in [4.69, 9.17) is 0 Å². The molecular formula is C30H36FNO. The topological polar surface area (TPSA) is 20.3 Å². The highest BCUT2D eigenvalue weighted by Crippen LogP contribution is 2.52. The Hall–Kier alpha value is -2.68. The van der Waals surface area contributed by atoms with Crippen LogP contribution in [0.4, 0.5) is 4.39 Å². The summed E-state index contributed by atoms with van der Waals surface area (Å²) in [5, 5.41) is 0. The smallest absolute Gasteiger partial charge is 0.158 e. The minimum atomic E-state index is -0.232. The molecule has 33 heavy (non-hydrogen) atoms. The second-order valence-corrected chi connectivity index (χ2v) is 10.1. The number of benzene rings is 2. The Kier molecular flexibility index (Phi) is 7.17. The third-order valence-electron chi connectivity index (χ3n) is 7.34. The van der Waals surface area contributed by atoms with Crippen molar-refractivity contribution in [2.75, 3.05) is 6.54 Å². The molecule has 4 rings (SSSR count). The van der Waals surface area contributed by atoms with Crippen molar-refractivity contribution in [1.82, 2.24) is 4.90 Å². The molecule has 2 nitrogen and oxygen atoms in total. The SMILES string of the molecule is C=C1CCCC(CCN2C(C(C)C)=C(C(C)=O)C(c3ccccc3)C2c2ccc(F)cc2)C1. The van der Waals surface area contributed by atoms with Gasteiger partial charge in [-0.1, -0.05) is 68.5 Å². The highest BCUT2D eigenvalue weighted by molar-refractivity contribution is 5.96. The zero-order chi connectivity index (χ0) is 23.5. The van der Waals surface area contributed by atoms with Crippen LogP contribution in [0.1, 0.15) is 76.0 Å². The zero-order valence-electron chi connectivity index (χ0n) is 20.2. The highest BCUT2D eigenvalue weighted by Gasteiger charge is 2.44. The van der Waals surface area contributed by atoms with Gasteiger partial charge in [0.25, 0.3) is 0 Å². The Bertz CT molecular complexity index is 1020. The van der Waals surface area contributed by atoms with Crippen LogP contribution in [0, 0.1) is 17.7 Å². The minimum absolute atomic E-state index is 0.0175. The normalized spacial score (nSPS) is 23.5. The lowest BCUT2D eigenvalue weighted by Crippen LogP contribution is -2.30. The Morgan fingerprint density at radius 1 is 1.09 bits per heavy atom. The number of carbonyl (C=O) groups excluding carboxylic acids is 1. The van der Waals surface area contributed by atoms with E-state index in [9.17, 15) is 9.18 Å². The van der Waals surface area contributed by atoms with E-state index in [-0.39, 0.29) is 29.5 Å². The Morgan fingerprint density at radius 3 is 2.39 bits per heavy atom. The van der Waals surface area contributed by atoms with Gasteiger partial charge in [0.2, 0.25) is 0 Å².